The second-order valence-electron chi connectivity index (χ2n) is 6.14. The fraction of sp³-hybridized carbons (Fsp3) is 0.500. The van der Waals surface area contributed by atoms with E-state index >= 15 is 0 Å². The van der Waals surface area contributed by atoms with Crippen LogP contribution in [-0.4, -0.2) is 35.5 Å². The molecule has 1 aliphatic rings. The van der Waals surface area contributed by atoms with Crippen LogP contribution in [0.1, 0.15) is 54.4 Å². The zero-order valence-electron chi connectivity index (χ0n) is 13.7. The average molecular weight is 332 g/mol. The van der Waals surface area contributed by atoms with Crippen LogP contribution in [0.4, 0.5) is 0 Å². The van der Waals surface area contributed by atoms with Crippen molar-refractivity contribution in [2.75, 3.05) is 6.54 Å². The lowest BCUT2D eigenvalue weighted by molar-refractivity contribution is -0.126. The van der Waals surface area contributed by atoms with E-state index in [4.69, 9.17) is 5.11 Å². The number of carbonyl (C=O) groups excluding carboxylic acids is 2. The summed E-state index contributed by atoms with van der Waals surface area (Å²) in [7, 11) is 0. The molecule has 130 valence electrons. The van der Waals surface area contributed by atoms with Crippen LogP contribution in [0.15, 0.2) is 24.3 Å². The van der Waals surface area contributed by atoms with Gasteiger partial charge in [0.1, 0.15) is 0 Å². The van der Waals surface area contributed by atoms with Crippen molar-refractivity contribution in [2.45, 2.75) is 51.0 Å². The lowest BCUT2D eigenvalue weighted by Crippen LogP contribution is -2.42. The fourth-order valence-electron chi connectivity index (χ4n) is 2.99. The van der Waals surface area contributed by atoms with Gasteiger partial charge in [0.2, 0.25) is 11.8 Å². The minimum absolute atomic E-state index is 0.0318. The molecule has 6 nitrogen and oxygen atoms in total. The molecule has 2 rings (SSSR count). The predicted molar refractivity (Wildman–Crippen MR) is 89.7 cm³/mol. The molecule has 0 unspecified atom stereocenters. The summed E-state index contributed by atoms with van der Waals surface area (Å²) in [5.41, 5.74) is 0.826. The molecule has 0 bridgehead atoms. The van der Waals surface area contributed by atoms with Crippen molar-refractivity contribution in [3.63, 3.8) is 0 Å². The van der Waals surface area contributed by atoms with E-state index in [9.17, 15) is 14.4 Å². The van der Waals surface area contributed by atoms with E-state index in [1.807, 2.05) is 0 Å². The zero-order valence-corrected chi connectivity index (χ0v) is 13.7. The Hall–Kier alpha value is -2.37. The van der Waals surface area contributed by atoms with Gasteiger partial charge in [-0.3, -0.25) is 9.59 Å². The highest BCUT2D eigenvalue weighted by molar-refractivity contribution is 5.89. The van der Waals surface area contributed by atoms with Gasteiger partial charge < -0.3 is 15.7 Å². The molecule has 2 amide bonds. The lowest BCUT2D eigenvalue weighted by atomic mass is 9.95. The number of nitrogens with one attached hydrogen (secondary N) is 2. The van der Waals surface area contributed by atoms with Gasteiger partial charge in [-0.05, 0) is 30.9 Å². The average Bonchev–Trinajstić information content (AvgIpc) is 2.59. The first-order valence-corrected chi connectivity index (χ1v) is 8.43. The third-order valence-corrected chi connectivity index (χ3v) is 4.29. The Labute approximate surface area is 141 Å². The Morgan fingerprint density at radius 1 is 1.04 bits per heavy atom. The first-order chi connectivity index (χ1) is 11.6. The number of hydrogen-bond donors (Lipinski definition) is 3. The summed E-state index contributed by atoms with van der Waals surface area (Å²) in [4.78, 5) is 34.8. The maximum atomic E-state index is 11.9. The molecule has 1 fully saturated rings. The number of aromatic carboxylic acids is 1. The van der Waals surface area contributed by atoms with Crippen LogP contribution in [0.5, 0.6) is 0 Å². The molecule has 0 atom stereocenters. The van der Waals surface area contributed by atoms with Gasteiger partial charge in [-0.25, -0.2) is 4.79 Å². The van der Waals surface area contributed by atoms with Crippen LogP contribution in [0.2, 0.25) is 0 Å². The molecule has 0 saturated heterocycles. The molecule has 3 N–H and O–H groups in total. The summed E-state index contributed by atoms with van der Waals surface area (Å²) >= 11 is 0. The molecule has 24 heavy (non-hydrogen) atoms. The van der Waals surface area contributed by atoms with Gasteiger partial charge in [-0.1, -0.05) is 37.5 Å². The second-order valence-corrected chi connectivity index (χ2v) is 6.14. The van der Waals surface area contributed by atoms with Crippen molar-refractivity contribution in [3.8, 4) is 0 Å². The van der Waals surface area contributed by atoms with Crippen molar-refractivity contribution in [3.05, 3.63) is 35.4 Å². The molecule has 1 saturated carbocycles. The van der Waals surface area contributed by atoms with Crippen molar-refractivity contribution < 1.29 is 19.5 Å². The molecule has 1 aromatic carbocycles. The van der Waals surface area contributed by atoms with Crippen LogP contribution >= 0.6 is 0 Å². The van der Waals surface area contributed by atoms with Crippen LogP contribution in [0.25, 0.3) is 0 Å². The predicted octanol–water partition coefficient (Wildman–Crippen LogP) is 1.88. The topological polar surface area (TPSA) is 95.5 Å². The molecule has 0 spiro atoms. The summed E-state index contributed by atoms with van der Waals surface area (Å²) in [6.45, 7) is -0.0318. The Kier molecular flexibility index (Phi) is 6.78. The van der Waals surface area contributed by atoms with Gasteiger partial charge >= 0.3 is 5.97 Å². The molecule has 0 heterocycles. The number of rotatable bonds is 7. The van der Waals surface area contributed by atoms with E-state index in [1.54, 1.807) is 18.2 Å². The first-order valence-electron chi connectivity index (χ1n) is 8.43. The van der Waals surface area contributed by atoms with E-state index < -0.39 is 5.97 Å². The highest BCUT2D eigenvalue weighted by Gasteiger charge is 2.16. The molecule has 0 aromatic heterocycles. The van der Waals surface area contributed by atoms with Crippen LogP contribution in [0, 0.1) is 0 Å². The van der Waals surface area contributed by atoms with Gasteiger partial charge in [0.05, 0.1) is 12.1 Å². The maximum Gasteiger partial charge on any atom is 0.335 e. The number of carbonyl (C=O) groups is 3. The van der Waals surface area contributed by atoms with Crippen LogP contribution in [0.3, 0.4) is 0 Å². The molecule has 0 radical (unpaired) electrons. The SMILES string of the molecule is O=C(CCc1ccccc1C(=O)O)NCC(=O)NC1CCCCC1. The minimum Gasteiger partial charge on any atom is -0.478 e. The number of amides is 2. The summed E-state index contributed by atoms with van der Waals surface area (Å²) in [6.07, 6.45) is 6.00. The molecule has 1 aliphatic carbocycles. The number of carboxylic acids is 1. The van der Waals surface area contributed by atoms with Crippen molar-refractivity contribution in [2.24, 2.45) is 0 Å². The van der Waals surface area contributed by atoms with Gasteiger partial charge in [-0.2, -0.15) is 0 Å². The monoisotopic (exact) mass is 332 g/mol. The molecule has 0 aliphatic heterocycles. The van der Waals surface area contributed by atoms with Crippen molar-refractivity contribution >= 4 is 17.8 Å². The largest absolute Gasteiger partial charge is 0.478 e. The third kappa shape index (κ3) is 5.68. The van der Waals surface area contributed by atoms with Gasteiger partial charge in [-0.15, -0.1) is 0 Å². The Morgan fingerprint density at radius 2 is 1.75 bits per heavy atom. The standard InChI is InChI=1S/C18H24N2O4/c21-16(11-10-13-6-4-5-9-15(13)18(23)24)19-12-17(22)20-14-7-2-1-3-8-14/h4-6,9,14H,1-3,7-8,10-12H2,(H,19,21)(H,20,22)(H,23,24). The van der Waals surface area contributed by atoms with Crippen LogP contribution < -0.4 is 10.6 Å². The fourth-order valence-corrected chi connectivity index (χ4v) is 2.99. The quantitative estimate of drug-likeness (QED) is 0.710. The summed E-state index contributed by atoms with van der Waals surface area (Å²) in [6, 6.07) is 6.85. The number of hydrogen-bond acceptors (Lipinski definition) is 3. The summed E-state index contributed by atoms with van der Waals surface area (Å²) in [5.74, 6) is -1.42. The summed E-state index contributed by atoms with van der Waals surface area (Å²) < 4.78 is 0. The summed E-state index contributed by atoms with van der Waals surface area (Å²) in [5, 5.41) is 14.6. The molecule has 1 aromatic rings. The lowest BCUT2D eigenvalue weighted by Gasteiger charge is -2.22. The van der Waals surface area contributed by atoms with Gasteiger partial charge in [0.25, 0.3) is 0 Å². The van der Waals surface area contributed by atoms with Crippen molar-refractivity contribution in [1.82, 2.24) is 10.6 Å². The van der Waals surface area contributed by atoms with E-state index in [-0.39, 0.29) is 36.4 Å². The number of carboxylic acid groups (broad SMARTS) is 1. The van der Waals surface area contributed by atoms with E-state index in [0.717, 1.165) is 25.7 Å². The highest BCUT2D eigenvalue weighted by atomic mass is 16.4. The Bertz CT molecular complexity index is 594. The van der Waals surface area contributed by atoms with E-state index in [1.165, 1.54) is 12.5 Å². The number of aryl methyl sites for hydroxylation is 1. The van der Waals surface area contributed by atoms with Gasteiger partial charge in [0.15, 0.2) is 0 Å². The zero-order chi connectivity index (χ0) is 17.4. The van der Waals surface area contributed by atoms with E-state index in [2.05, 4.69) is 10.6 Å². The van der Waals surface area contributed by atoms with Crippen LogP contribution in [-0.2, 0) is 16.0 Å². The minimum atomic E-state index is -1.00. The molecular formula is C18H24N2O4. The molecule has 6 heteroatoms. The maximum absolute atomic E-state index is 11.9. The smallest absolute Gasteiger partial charge is 0.335 e. The molecular weight excluding hydrogens is 308 g/mol. The Balaban J connectivity index is 1.71. The van der Waals surface area contributed by atoms with Crippen molar-refractivity contribution in [1.29, 1.82) is 0 Å². The second kappa shape index (κ2) is 9.05. The number of benzene rings is 1. The third-order valence-electron chi connectivity index (χ3n) is 4.29. The highest BCUT2D eigenvalue weighted by Crippen LogP contribution is 2.17. The normalized spacial score (nSPS) is 14.8. The van der Waals surface area contributed by atoms with E-state index in [0.29, 0.717) is 12.0 Å². The first kappa shape index (κ1) is 18.0. The van der Waals surface area contributed by atoms with Gasteiger partial charge in [0, 0.05) is 12.5 Å². The Morgan fingerprint density at radius 3 is 2.46 bits per heavy atom.